The van der Waals surface area contributed by atoms with Crippen molar-refractivity contribution in [2.24, 2.45) is 0 Å². The summed E-state index contributed by atoms with van der Waals surface area (Å²) in [4.78, 5) is 13.1. The number of unbranched alkanes of at least 4 members (excludes halogenated alkanes) is 1. The van der Waals surface area contributed by atoms with Crippen LogP contribution in [0.2, 0.25) is 0 Å². The molecule has 0 heterocycles. The molecule has 0 saturated carbocycles. The lowest BCUT2D eigenvalue weighted by atomic mass is 10.1. The highest BCUT2D eigenvalue weighted by Crippen LogP contribution is 2.18. The van der Waals surface area contributed by atoms with Crippen LogP contribution in [0.15, 0.2) is 18.2 Å². The summed E-state index contributed by atoms with van der Waals surface area (Å²) in [5, 5.41) is 0. The molecule has 0 aliphatic heterocycles. The minimum Gasteiger partial charge on any atom is -0.372 e. The third kappa shape index (κ3) is 3.09. The average Bonchev–Trinajstić information content (AvgIpc) is 2.30. The number of rotatable bonds is 6. The summed E-state index contributed by atoms with van der Waals surface area (Å²) < 4.78 is 0. The first-order valence-corrected chi connectivity index (χ1v) is 6.03. The molecule has 2 heteroatoms. The highest BCUT2D eigenvalue weighted by Gasteiger charge is 2.05. The van der Waals surface area contributed by atoms with Gasteiger partial charge in [0.2, 0.25) is 0 Å². The number of nitrogens with zero attached hydrogens (tertiary/aromatic N) is 1. The van der Waals surface area contributed by atoms with Crippen molar-refractivity contribution in [3.63, 3.8) is 0 Å². The summed E-state index contributed by atoms with van der Waals surface area (Å²) in [6.07, 6.45) is 3.34. The molecule has 0 N–H and O–H groups in total. The lowest BCUT2D eigenvalue weighted by Gasteiger charge is -2.23. The van der Waals surface area contributed by atoms with Gasteiger partial charge in [0.15, 0.2) is 0 Å². The molecule has 0 fully saturated rings. The zero-order valence-corrected chi connectivity index (χ0v) is 10.5. The molecular weight excluding hydrogens is 198 g/mol. The zero-order valence-electron chi connectivity index (χ0n) is 10.5. The lowest BCUT2D eigenvalue weighted by Crippen LogP contribution is -2.23. The topological polar surface area (TPSA) is 20.3 Å². The van der Waals surface area contributed by atoms with Crippen LogP contribution in [-0.4, -0.2) is 19.4 Å². The summed E-state index contributed by atoms with van der Waals surface area (Å²) in [6, 6.07) is 6.05. The molecule has 1 aromatic rings. The minimum absolute atomic E-state index is 0.787. The smallest absolute Gasteiger partial charge is 0.150 e. The fourth-order valence-corrected chi connectivity index (χ4v) is 1.81. The van der Waals surface area contributed by atoms with Crippen LogP contribution >= 0.6 is 0 Å². The van der Waals surface area contributed by atoms with Gasteiger partial charge >= 0.3 is 0 Å². The van der Waals surface area contributed by atoms with Crippen LogP contribution in [0.4, 0.5) is 5.69 Å². The maximum absolute atomic E-state index is 10.7. The molecule has 0 unspecified atom stereocenters. The maximum Gasteiger partial charge on any atom is 0.150 e. The Hall–Kier alpha value is -1.31. The third-order valence-corrected chi connectivity index (χ3v) is 2.91. The zero-order chi connectivity index (χ0) is 12.0. The van der Waals surface area contributed by atoms with Crippen LogP contribution in [0, 0.1) is 6.92 Å². The fourth-order valence-electron chi connectivity index (χ4n) is 1.81. The molecule has 2 nitrogen and oxygen atoms in total. The molecule has 0 radical (unpaired) electrons. The molecular formula is C14H21NO. The number of carbonyl (C=O) groups excluding carboxylic acids is 1. The molecule has 0 aliphatic rings. The largest absolute Gasteiger partial charge is 0.372 e. The van der Waals surface area contributed by atoms with Crippen LogP contribution in [0.3, 0.4) is 0 Å². The van der Waals surface area contributed by atoms with E-state index in [4.69, 9.17) is 0 Å². The van der Waals surface area contributed by atoms with Gasteiger partial charge in [-0.05, 0) is 44.0 Å². The monoisotopic (exact) mass is 219 g/mol. The quantitative estimate of drug-likeness (QED) is 0.683. The fraction of sp³-hybridized carbons (Fsp3) is 0.500. The Labute approximate surface area is 98.3 Å². The Kier molecular flexibility index (Phi) is 5.03. The number of aryl methyl sites for hydroxylation is 1. The Balaban J connectivity index is 2.84. The average molecular weight is 219 g/mol. The molecule has 1 rings (SSSR count). The summed E-state index contributed by atoms with van der Waals surface area (Å²) in [5.41, 5.74) is 3.07. The number of anilines is 1. The van der Waals surface area contributed by atoms with Crippen molar-refractivity contribution in [2.75, 3.05) is 18.0 Å². The van der Waals surface area contributed by atoms with Crippen molar-refractivity contribution in [3.05, 3.63) is 29.3 Å². The Morgan fingerprint density at radius 2 is 2.06 bits per heavy atom. The van der Waals surface area contributed by atoms with Gasteiger partial charge in [-0.2, -0.15) is 0 Å². The first-order chi connectivity index (χ1) is 7.72. The second-order valence-electron chi connectivity index (χ2n) is 4.09. The van der Waals surface area contributed by atoms with Gasteiger partial charge in [0.1, 0.15) is 6.29 Å². The van der Waals surface area contributed by atoms with Crippen molar-refractivity contribution in [1.82, 2.24) is 0 Å². The summed E-state index contributed by atoms with van der Waals surface area (Å²) >= 11 is 0. The minimum atomic E-state index is 0.787. The van der Waals surface area contributed by atoms with E-state index in [2.05, 4.69) is 24.8 Å². The van der Waals surface area contributed by atoms with Gasteiger partial charge < -0.3 is 4.90 Å². The molecule has 0 aromatic heterocycles. The van der Waals surface area contributed by atoms with E-state index in [0.717, 1.165) is 30.5 Å². The number of hydrogen-bond donors (Lipinski definition) is 0. The predicted octanol–water partition coefficient (Wildman–Crippen LogP) is 3.43. The Bertz CT molecular complexity index is 347. The van der Waals surface area contributed by atoms with Crippen molar-refractivity contribution in [3.8, 4) is 0 Å². The third-order valence-electron chi connectivity index (χ3n) is 2.91. The molecule has 0 amide bonds. The van der Waals surface area contributed by atoms with E-state index in [-0.39, 0.29) is 0 Å². The molecule has 16 heavy (non-hydrogen) atoms. The van der Waals surface area contributed by atoms with Gasteiger partial charge in [-0.25, -0.2) is 0 Å². The molecule has 0 bridgehead atoms. The lowest BCUT2D eigenvalue weighted by molar-refractivity contribution is 0.112. The highest BCUT2D eigenvalue weighted by molar-refractivity contribution is 5.78. The van der Waals surface area contributed by atoms with Gasteiger partial charge in [0, 0.05) is 24.3 Å². The molecule has 0 spiro atoms. The van der Waals surface area contributed by atoms with E-state index in [9.17, 15) is 4.79 Å². The van der Waals surface area contributed by atoms with Crippen LogP contribution in [-0.2, 0) is 0 Å². The van der Waals surface area contributed by atoms with E-state index in [0.29, 0.717) is 0 Å². The van der Waals surface area contributed by atoms with E-state index in [1.807, 2.05) is 19.1 Å². The van der Waals surface area contributed by atoms with Gasteiger partial charge in [-0.3, -0.25) is 4.79 Å². The normalized spacial score (nSPS) is 10.2. The highest BCUT2D eigenvalue weighted by atomic mass is 16.1. The molecule has 1 aromatic carbocycles. The van der Waals surface area contributed by atoms with Crippen molar-refractivity contribution < 1.29 is 4.79 Å². The summed E-state index contributed by atoms with van der Waals surface area (Å²) in [5.74, 6) is 0. The van der Waals surface area contributed by atoms with Gasteiger partial charge in [-0.15, -0.1) is 0 Å². The molecule has 0 atom stereocenters. The molecule has 0 saturated heterocycles. The second kappa shape index (κ2) is 6.31. The Morgan fingerprint density at radius 1 is 1.31 bits per heavy atom. The Morgan fingerprint density at radius 3 is 2.56 bits per heavy atom. The molecule has 0 aliphatic carbocycles. The predicted molar refractivity (Wildman–Crippen MR) is 69.4 cm³/mol. The summed E-state index contributed by atoms with van der Waals surface area (Å²) in [6.45, 7) is 8.46. The first-order valence-electron chi connectivity index (χ1n) is 6.03. The number of hydrogen-bond acceptors (Lipinski definition) is 2. The molecule has 88 valence electrons. The second-order valence-corrected chi connectivity index (χ2v) is 4.09. The maximum atomic E-state index is 10.7. The van der Waals surface area contributed by atoms with Crippen LogP contribution in [0.5, 0.6) is 0 Å². The van der Waals surface area contributed by atoms with E-state index in [1.54, 1.807) is 0 Å². The van der Waals surface area contributed by atoms with Crippen molar-refractivity contribution in [1.29, 1.82) is 0 Å². The number of aldehydes is 1. The van der Waals surface area contributed by atoms with Crippen LogP contribution < -0.4 is 4.90 Å². The van der Waals surface area contributed by atoms with Crippen molar-refractivity contribution >= 4 is 12.0 Å². The van der Waals surface area contributed by atoms with Crippen molar-refractivity contribution in [2.45, 2.75) is 33.6 Å². The van der Waals surface area contributed by atoms with Crippen LogP contribution in [0.25, 0.3) is 0 Å². The van der Waals surface area contributed by atoms with E-state index in [1.165, 1.54) is 18.5 Å². The van der Waals surface area contributed by atoms with Gasteiger partial charge in [0.05, 0.1) is 0 Å². The number of carbonyl (C=O) groups is 1. The van der Waals surface area contributed by atoms with Gasteiger partial charge in [-0.1, -0.05) is 13.3 Å². The van der Waals surface area contributed by atoms with Gasteiger partial charge in [0.25, 0.3) is 0 Å². The SMILES string of the molecule is CCCCN(CC)c1ccc(C=O)c(C)c1. The first kappa shape index (κ1) is 12.8. The van der Waals surface area contributed by atoms with E-state index >= 15 is 0 Å². The summed E-state index contributed by atoms with van der Waals surface area (Å²) in [7, 11) is 0. The van der Waals surface area contributed by atoms with E-state index < -0.39 is 0 Å². The number of benzene rings is 1. The van der Waals surface area contributed by atoms with Crippen LogP contribution in [0.1, 0.15) is 42.6 Å². The standard InChI is InChI=1S/C14H21NO/c1-4-6-9-15(5-2)14-8-7-13(11-16)12(3)10-14/h7-8,10-11H,4-6,9H2,1-3H3.